The first kappa shape index (κ1) is 37.9. The number of nitrogens with one attached hydrogen (secondary N) is 2. The minimum absolute atomic E-state index is 0.0656. The number of nitriles is 1. The van der Waals surface area contributed by atoms with Crippen molar-refractivity contribution in [1.82, 2.24) is 20.5 Å². The van der Waals surface area contributed by atoms with E-state index in [0.717, 1.165) is 73.1 Å². The lowest BCUT2D eigenvalue weighted by molar-refractivity contribution is -0.122. The van der Waals surface area contributed by atoms with Crippen LogP contribution in [-0.2, 0) is 24.4 Å². The number of hydrogen-bond donors (Lipinski definition) is 2. The van der Waals surface area contributed by atoms with Crippen LogP contribution in [0.4, 0.5) is 4.39 Å². The molecule has 7 rings (SSSR count). The van der Waals surface area contributed by atoms with Crippen molar-refractivity contribution in [2.75, 3.05) is 32.8 Å². The predicted octanol–water partition coefficient (Wildman–Crippen LogP) is 8.14. The van der Waals surface area contributed by atoms with Crippen LogP contribution in [-0.4, -0.2) is 60.8 Å². The van der Waals surface area contributed by atoms with E-state index in [4.69, 9.17) is 37.4 Å². The quantitative estimate of drug-likeness (QED) is 0.124. The number of carbonyl (C=O) groups is 1. The van der Waals surface area contributed by atoms with Crippen molar-refractivity contribution < 1.29 is 23.4 Å². The highest BCUT2D eigenvalue weighted by molar-refractivity contribution is 6.35. The van der Waals surface area contributed by atoms with Crippen LogP contribution < -0.4 is 24.8 Å². The molecule has 0 bridgehead atoms. The molecule has 2 atom stereocenters. The van der Waals surface area contributed by atoms with E-state index in [1.807, 2.05) is 36.4 Å². The van der Waals surface area contributed by atoms with Gasteiger partial charge in [0.05, 0.1) is 22.2 Å². The fourth-order valence-electron chi connectivity index (χ4n) is 7.46. The van der Waals surface area contributed by atoms with Crippen LogP contribution in [0.25, 0.3) is 11.1 Å². The molecule has 2 N–H and O–H groups in total. The van der Waals surface area contributed by atoms with Crippen molar-refractivity contribution in [3.63, 3.8) is 0 Å². The zero-order valence-electron chi connectivity index (χ0n) is 30.1. The highest BCUT2D eigenvalue weighted by Gasteiger charge is 2.29. The van der Waals surface area contributed by atoms with E-state index in [-0.39, 0.29) is 24.7 Å². The third-order valence-corrected chi connectivity index (χ3v) is 11.1. The van der Waals surface area contributed by atoms with Gasteiger partial charge in [-0.25, -0.2) is 4.39 Å². The number of likely N-dealkylation sites (tertiary alicyclic amines) is 1. The minimum atomic E-state index is -0.672. The van der Waals surface area contributed by atoms with Crippen molar-refractivity contribution in [3.8, 4) is 34.4 Å². The lowest BCUT2D eigenvalue weighted by Crippen LogP contribution is -2.45. The average molecular weight is 773 g/mol. The van der Waals surface area contributed by atoms with Crippen LogP contribution in [0.5, 0.6) is 17.2 Å². The summed E-state index contributed by atoms with van der Waals surface area (Å²) in [6, 6.07) is 19.8. The number of hydrogen-bond acceptors (Lipinski definition) is 8. The molecule has 0 spiro atoms. The van der Waals surface area contributed by atoms with E-state index in [1.165, 1.54) is 11.8 Å². The number of aromatic nitrogens is 1. The number of nitrogens with zero attached hydrogens (tertiary/aromatic N) is 3. The standard InChI is InChI=1S/C42H44Cl2FN5O4/c43-36-19-29(24-48-31-8-11-41(51)49-25-31)39(53-26-28-18-27(21-46)22-47-23-28)20-40(36)54-37-10-9-33-32(4-1-5-34(33)37)35-6-2-7-38(42(35)44)52-17-3-14-50-15-12-30(45)13-16-50/h1-2,4-7,18-20,22-23,30-31,37,48H,3,8-17,24-26H2,(H,49,51)/t31-,37-/m0/s1. The Morgan fingerprint density at radius 1 is 0.963 bits per heavy atom. The summed E-state index contributed by atoms with van der Waals surface area (Å²) in [6.45, 7) is 4.25. The molecule has 0 saturated carbocycles. The number of halogens is 3. The molecule has 1 amide bonds. The van der Waals surface area contributed by atoms with Crippen LogP contribution in [0.3, 0.4) is 0 Å². The Labute approximate surface area is 325 Å². The summed E-state index contributed by atoms with van der Waals surface area (Å²) >= 11 is 13.9. The van der Waals surface area contributed by atoms with E-state index < -0.39 is 6.17 Å². The van der Waals surface area contributed by atoms with Gasteiger partial charge in [0.1, 0.15) is 42.2 Å². The number of fused-ring (bicyclic) bond motifs is 1. The second-order valence-corrected chi connectivity index (χ2v) is 14.9. The van der Waals surface area contributed by atoms with Crippen molar-refractivity contribution in [3.05, 3.63) is 105 Å². The molecule has 1 aromatic heterocycles. The third kappa shape index (κ3) is 9.27. The Balaban J connectivity index is 1.06. The highest BCUT2D eigenvalue weighted by Crippen LogP contribution is 2.45. The SMILES string of the molecule is N#Cc1cncc(COc2cc(O[C@H]3CCc4c(-c5cccc(OCCCN6CCC(F)CC6)c5Cl)cccc43)c(Cl)cc2CN[C@H]2CCC(=O)NC2)c1. The summed E-state index contributed by atoms with van der Waals surface area (Å²) in [4.78, 5) is 18.1. The number of alkyl halides is 1. The van der Waals surface area contributed by atoms with Gasteiger partial charge in [-0.15, -0.1) is 0 Å². The molecule has 12 heteroatoms. The largest absolute Gasteiger partial charge is 0.492 e. The smallest absolute Gasteiger partial charge is 0.220 e. The minimum Gasteiger partial charge on any atom is -0.492 e. The topological polar surface area (TPSA) is 109 Å². The number of benzene rings is 3. The van der Waals surface area contributed by atoms with Gasteiger partial charge < -0.3 is 29.7 Å². The number of ether oxygens (including phenoxy) is 3. The van der Waals surface area contributed by atoms with E-state index in [1.54, 1.807) is 12.3 Å². The van der Waals surface area contributed by atoms with E-state index >= 15 is 0 Å². The zero-order valence-corrected chi connectivity index (χ0v) is 31.6. The first-order valence-corrected chi connectivity index (χ1v) is 19.5. The van der Waals surface area contributed by atoms with E-state index in [2.05, 4.69) is 38.7 Å². The molecule has 3 aromatic carbocycles. The fourth-order valence-corrected chi connectivity index (χ4v) is 7.97. The Hall–Kier alpha value is -4.40. The van der Waals surface area contributed by atoms with Crippen LogP contribution in [0, 0.1) is 11.3 Å². The monoisotopic (exact) mass is 771 g/mol. The summed E-state index contributed by atoms with van der Waals surface area (Å²) in [5.41, 5.74) is 6.29. The highest BCUT2D eigenvalue weighted by atomic mass is 35.5. The summed E-state index contributed by atoms with van der Waals surface area (Å²) in [5.74, 6) is 1.83. The molecule has 0 unspecified atom stereocenters. The molecule has 0 radical (unpaired) electrons. The molecule has 2 aliphatic heterocycles. The van der Waals surface area contributed by atoms with Crippen molar-refractivity contribution >= 4 is 29.1 Å². The number of carbonyl (C=O) groups excluding carboxylic acids is 1. The molecule has 1 aliphatic carbocycles. The molecule has 3 aliphatic rings. The predicted molar refractivity (Wildman–Crippen MR) is 207 cm³/mol. The number of amides is 1. The first-order chi connectivity index (χ1) is 26.3. The van der Waals surface area contributed by atoms with Gasteiger partial charge in [0.2, 0.25) is 5.91 Å². The maximum atomic E-state index is 13.5. The molecule has 282 valence electrons. The molecular weight excluding hydrogens is 728 g/mol. The Morgan fingerprint density at radius 2 is 1.80 bits per heavy atom. The van der Waals surface area contributed by atoms with Gasteiger partial charge in [-0.1, -0.05) is 53.5 Å². The first-order valence-electron chi connectivity index (χ1n) is 18.7. The van der Waals surface area contributed by atoms with Crippen molar-refractivity contribution in [2.45, 2.75) is 76.4 Å². The lowest BCUT2D eigenvalue weighted by atomic mass is 9.96. The summed E-state index contributed by atoms with van der Waals surface area (Å²) in [6.07, 6.45) is 7.14. The molecule has 2 fully saturated rings. The van der Waals surface area contributed by atoms with Crippen LogP contribution in [0.1, 0.15) is 72.4 Å². The summed E-state index contributed by atoms with van der Waals surface area (Å²) < 4.78 is 32.7. The van der Waals surface area contributed by atoms with Gasteiger partial charge in [-0.3, -0.25) is 9.78 Å². The van der Waals surface area contributed by atoms with Crippen molar-refractivity contribution in [2.24, 2.45) is 0 Å². The van der Waals surface area contributed by atoms with Gasteiger partial charge in [0.15, 0.2) is 0 Å². The Morgan fingerprint density at radius 3 is 2.61 bits per heavy atom. The Kier molecular flexibility index (Phi) is 12.5. The molecular formula is C42H44Cl2FN5O4. The van der Waals surface area contributed by atoms with E-state index in [9.17, 15) is 14.4 Å². The molecule has 2 saturated heterocycles. The summed E-state index contributed by atoms with van der Waals surface area (Å²) in [7, 11) is 0. The van der Waals surface area contributed by atoms with Gasteiger partial charge in [0.25, 0.3) is 0 Å². The molecule has 4 aromatic rings. The number of rotatable bonds is 14. The van der Waals surface area contributed by atoms with Gasteiger partial charge in [-0.05, 0) is 73.4 Å². The number of pyridine rings is 1. The molecule has 3 heterocycles. The Bertz CT molecular complexity index is 1990. The third-order valence-electron chi connectivity index (χ3n) is 10.4. The van der Waals surface area contributed by atoms with Crippen LogP contribution >= 0.6 is 23.2 Å². The zero-order chi connectivity index (χ0) is 37.4. The second kappa shape index (κ2) is 17.8. The maximum absolute atomic E-state index is 13.5. The maximum Gasteiger partial charge on any atom is 0.220 e. The van der Waals surface area contributed by atoms with Crippen LogP contribution in [0.15, 0.2) is 67.0 Å². The second-order valence-electron chi connectivity index (χ2n) is 14.1. The van der Waals surface area contributed by atoms with Crippen LogP contribution in [0.2, 0.25) is 10.0 Å². The van der Waals surface area contributed by atoms with Gasteiger partial charge in [0, 0.05) is 80.3 Å². The number of piperidine rings is 2. The average Bonchev–Trinajstić information content (AvgIpc) is 3.60. The van der Waals surface area contributed by atoms with Gasteiger partial charge >= 0.3 is 0 Å². The normalized spacial score (nSPS) is 18.8. The lowest BCUT2D eigenvalue weighted by Gasteiger charge is -2.28. The fraction of sp³-hybridized carbons (Fsp3) is 0.405. The van der Waals surface area contributed by atoms with Crippen molar-refractivity contribution in [1.29, 1.82) is 5.26 Å². The molecule has 54 heavy (non-hydrogen) atoms. The summed E-state index contributed by atoms with van der Waals surface area (Å²) in [5, 5.41) is 16.8. The van der Waals surface area contributed by atoms with E-state index in [0.29, 0.717) is 71.8 Å². The van der Waals surface area contributed by atoms with Gasteiger partial charge in [-0.2, -0.15) is 5.26 Å². The molecule has 9 nitrogen and oxygen atoms in total.